The Kier molecular flexibility index (Phi) is 1.89. The van der Waals surface area contributed by atoms with Crippen molar-refractivity contribution < 1.29 is 5.11 Å². The Balaban J connectivity index is 2.34. The van der Waals surface area contributed by atoms with E-state index in [1.54, 1.807) is 6.20 Å². The summed E-state index contributed by atoms with van der Waals surface area (Å²) in [5, 5.41) is 17.3. The molecule has 0 unspecified atom stereocenters. The molecular formula is C9H15N3O. The third-order valence-corrected chi connectivity index (χ3v) is 2.47. The van der Waals surface area contributed by atoms with Crippen molar-refractivity contribution in [1.29, 1.82) is 0 Å². The lowest BCUT2D eigenvalue weighted by atomic mass is 9.93. The second-order valence-corrected chi connectivity index (χ2v) is 3.89. The van der Waals surface area contributed by atoms with Crippen molar-refractivity contribution in [3.63, 3.8) is 0 Å². The van der Waals surface area contributed by atoms with Crippen LogP contribution in [0.25, 0.3) is 0 Å². The molecule has 4 nitrogen and oxygen atoms in total. The Hall–Kier alpha value is -0.870. The van der Waals surface area contributed by atoms with Crippen LogP contribution >= 0.6 is 0 Å². The van der Waals surface area contributed by atoms with Crippen LogP contribution in [-0.2, 0) is 5.60 Å². The second kappa shape index (κ2) is 2.82. The first-order chi connectivity index (χ1) is 6.13. The van der Waals surface area contributed by atoms with Gasteiger partial charge in [-0.05, 0) is 19.9 Å². The van der Waals surface area contributed by atoms with Crippen molar-refractivity contribution in [2.45, 2.75) is 25.5 Å². The zero-order chi connectivity index (χ0) is 9.47. The highest BCUT2D eigenvalue weighted by molar-refractivity contribution is 5.17. The van der Waals surface area contributed by atoms with Gasteiger partial charge in [0.1, 0.15) is 5.60 Å². The van der Waals surface area contributed by atoms with Gasteiger partial charge in [0.25, 0.3) is 0 Å². The summed E-state index contributed by atoms with van der Waals surface area (Å²) in [4.78, 5) is 0. The summed E-state index contributed by atoms with van der Waals surface area (Å²) in [5.41, 5.74) is 0.224. The van der Waals surface area contributed by atoms with Crippen LogP contribution in [0.2, 0.25) is 0 Å². The van der Waals surface area contributed by atoms with Crippen LogP contribution in [-0.4, -0.2) is 28.0 Å². The summed E-state index contributed by atoms with van der Waals surface area (Å²) < 4.78 is 1.88. The molecular weight excluding hydrogens is 166 g/mol. The van der Waals surface area contributed by atoms with Crippen LogP contribution in [0.15, 0.2) is 12.3 Å². The lowest BCUT2D eigenvalue weighted by molar-refractivity contribution is -0.0233. The highest BCUT2D eigenvalue weighted by Crippen LogP contribution is 2.26. The molecule has 0 amide bonds. The standard InChI is InChI=1S/C9H15N3O/c1-7(2)12-8(3-4-11-12)9(13)5-10-6-9/h3-4,7,10,13H,5-6H2,1-2H3. The molecule has 1 aliphatic rings. The smallest absolute Gasteiger partial charge is 0.131 e. The van der Waals surface area contributed by atoms with E-state index >= 15 is 0 Å². The molecule has 0 aliphatic carbocycles. The van der Waals surface area contributed by atoms with Gasteiger partial charge in [-0.3, -0.25) is 4.68 Å². The van der Waals surface area contributed by atoms with E-state index in [-0.39, 0.29) is 0 Å². The Morgan fingerprint density at radius 1 is 1.62 bits per heavy atom. The minimum Gasteiger partial charge on any atom is -0.381 e. The molecule has 1 saturated heterocycles. The number of aromatic nitrogens is 2. The molecule has 1 aromatic heterocycles. The fourth-order valence-corrected chi connectivity index (χ4v) is 1.64. The van der Waals surface area contributed by atoms with E-state index in [9.17, 15) is 5.11 Å². The first kappa shape index (κ1) is 8.72. The van der Waals surface area contributed by atoms with Crippen LogP contribution in [0.3, 0.4) is 0 Å². The number of hydrogen-bond donors (Lipinski definition) is 2. The topological polar surface area (TPSA) is 50.1 Å². The molecule has 2 heterocycles. The summed E-state index contributed by atoms with van der Waals surface area (Å²) in [6.07, 6.45) is 1.74. The first-order valence-electron chi connectivity index (χ1n) is 4.60. The van der Waals surface area contributed by atoms with Crippen molar-refractivity contribution in [1.82, 2.24) is 15.1 Å². The summed E-state index contributed by atoms with van der Waals surface area (Å²) in [5.74, 6) is 0. The predicted molar refractivity (Wildman–Crippen MR) is 49.4 cm³/mol. The molecule has 0 aromatic carbocycles. The maximum Gasteiger partial charge on any atom is 0.131 e. The third-order valence-electron chi connectivity index (χ3n) is 2.47. The number of rotatable bonds is 2. The summed E-state index contributed by atoms with van der Waals surface area (Å²) in [6, 6.07) is 2.19. The van der Waals surface area contributed by atoms with Gasteiger partial charge in [-0.2, -0.15) is 5.10 Å². The van der Waals surface area contributed by atoms with Gasteiger partial charge in [-0.1, -0.05) is 0 Å². The zero-order valence-corrected chi connectivity index (χ0v) is 7.99. The number of nitrogens with one attached hydrogen (secondary N) is 1. The van der Waals surface area contributed by atoms with Gasteiger partial charge in [0.15, 0.2) is 0 Å². The number of aliphatic hydroxyl groups is 1. The molecule has 2 N–H and O–H groups in total. The van der Waals surface area contributed by atoms with Gasteiger partial charge in [0.05, 0.1) is 5.69 Å². The van der Waals surface area contributed by atoms with Crippen molar-refractivity contribution in [3.8, 4) is 0 Å². The van der Waals surface area contributed by atoms with E-state index in [0.717, 1.165) is 5.69 Å². The fraction of sp³-hybridized carbons (Fsp3) is 0.667. The molecule has 72 valence electrons. The molecule has 1 aliphatic heterocycles. The monoisotopic (exact) mass is 181 g/mol. The van der Waals surface area contributed by atoms with E-state index < -0.39 is 5.60 Å². The number of nitrogens with zero attached hydrogens (tertiary/aromatic N) is 2. The van der Waals surface area contributed by atoms with Crippen molar-refractivity contribution in [2.75, 3.05) is 13.1 Å². The minimum atomic E-state index is -0.694. The molecule has 0 spiro atoms. The molecule has 0 saturated carbocycles. The average molecular weight is 181 g/mol. The Morgan fingerprint density at radius 2 is 2.31 bits per heavy atom. The van der Waals surface area contributed by atoms with Crippen molar-refractivity contribution >= 4 is 0 Å². The molecule has 0 atom stereocenters. The Bertz CT molecular complexity index is 302. The highest BCUT2D eigenvalue weighted by atomic mass is 16.3. The normalized spacial score (nSPS) is 20.3. The lowest BCUT2D eigenvalue weighted by Crippen LogP contribution is -2.57. The van der Waals surface area contributed by atoms with Crippen LogP contribution in [0, 0.1) is 0 Å². The summed E-state index contributed by atoms with van der Waals surface area (Å²) in [6.45, 7) is 5.38. The first-order valence-corrected chi connectivity index (χ1v) is 4.60. The Morgan fingerprint density at radius 3 is 2.77 bits per heavy atom. The lowest BCUT2D eigenvalue weighted by Gasteiger charge is -2.38. The SMILES string of the molecule is CC(C)n1nccc1C1(O)CNC1. The molecule has 1 aromatic rings. The van der Waals surface area contributed by atoms with Crippen LogP contribution in [0.1, 0.15) is 25.6 Å². The zero-order valence-electron chi connectivity index (χ0n) is 7.99. The molecule has 1 fully saturated rings. The van der Waals surface area contributed by atoms with E-state index in [2.05, 4.69) is 24.3 Å². The van der Waals surface area contributed by atoms with Crippen LogP contribution < -0.4 is 5.32 Å². The summed E-state index contributed by atoms with van der Waals surface area (Å²) >= 11 is 0. The highest BCUT2D eigenvalue weighted by Gasteiger charge is 2.39. The number of β-amino-alcohol motifs (C(OH)–C–C–N with tert-alkyl or cyclic N) is 1. The Labute approximate surface area is 77.6 Å². The van der Waals surface area contributed by atoms with Gasteiger partial charge in [0, 0.05) is 25.3 Å². The molecule has 4 heteroatoms. The van der Waals surface area contributed by atoms with Crippen molar-refractivity contribution in [2.24, 2.45) is 0 Å². The maximum atomic E-state index is 10.1. The van der Waals surface area contributed by atoms with Gasteiger partial charge in [-0.25, -0.2) is 0 Å². The quantitative estimate of drug-likeness (QED) is 0.688. The van der Waals surface area contributed by atoms with Gasteiger partial charge in [-0.15, -0.1) is 0 Å². The molecule has 0 radical (unpaired) electrons. The van der Waals surface area contributed by atoms with Crippen LogP contribution in [0.5, 0.6) is 0 Å². The van der Waals surface area contributed by atoms with E-state index in [1.165, 1.54) is 0 Å². The fourth-order valence-electron chi connectivity index (χ4n) is 1.64. The third kappa shape index (κ3) is 1.26. The maximum absolute atomic E-state index is 10.1. The average Bonchev–Trinajstić information content (AvgIpc) is 2.47. The van der Waals surface area contributed by atoms with E-state index in [1.807, 2.05) is 10.7 Å². The molecule has 13 heavy (non-hydrogen) atoms. The molecule has 0 bridgehead atoms. The van der Waals surface area contributed by atoms with Gasteiger partial charge in [0.2, 0.25) is 0 Å². The number of hydrogen-bond acceptors (Lipinski definition) is 3. The van der Waals surface area contributed by atoms with Crippen molar-refractivity contribution in [3.05, 3.63) is 18.0 Å². The van der Waals surface area contributed by atoms with Crippen LogP contribution in [0.4, 0.5) is 0 Å². The van der Waals surface area contributed by atoms with E-state index in [0.29, 0.717) is 19.1 Å². The van der Waals surface area contributed by atoms with E-state index in [4.69, 9.17) is 0 Å². The predicted octanol–water partition coefficient (Wildman–Crippen LogP) is 0.255. The minimum absolute atomic E-state index is 0.301. The second-order valence-electron chi connectivity index (χ2n) is 3.89. The largest absolute Gasteiger partial charge is 0.381 e. The summed E-state index contributed by atoms with van der Waals surface area (Å²) in [7, 11) is 0. The van der Waals surface area contributed by atoms with Gasteiger partial charge < -0.3 is 10.4 Å². The molecule has 2 rings (SSSR count). The van der Waals surface area contributed by atoms with Gasteiger partial charge >= 0.3 is 0 Å².